The van der Waals surface area contributed by atoms with Gasteiger partial charge < -0.3 is 10.6 Å². The number of nitrogens with one attached hydrogen (secondary N) is 3. The molecule has 1 fully saturated rings. The van der Waals surface area contributed by atoms with E-state index in [9.17, 15) is 13.2 Å². The van der Waals surface area contributed by atoms with Crippen molar-refractivity contribution < 1.29 is 13.2 Å². The maximum absolute atomic E-state index is 11.6. The van der Waals surface area contributed by atoms with Gasteiger partial charge in [0.1, 0.15) is 0 Å². The molecule has 1 aliphatic heterocycles. The Labute approximate surface area is 96.2 Å². The predicted octanol–water partition coefficient (Wildman–Crippen LogP) is -1.21. The van der Waals surface area contributed by atoms with Crippen LogP contribution in [-0.4, -0.2) is 46.3 Å². The lowest BCUT2D eigenvalue weighted by Crippen LogP contribution is -2.47. The van der Waals surface area contributed by atoms with Gasteiger partial charge in [-0.3, -0.25) is 4.79 Å². The molecule has 0 spiro atoms. The van der Waals surface area contributed by atoms with Crippen LogP contribution in [0.5, 0.6) is 0 Å². The van der Waals surface area contributed by atoms with Crippen molar-refractivity contribution in [2.75, 3.05) is 25.9 Å². The molecule has 0 bridgehead atoms. The second-order valence-electron chi connectivity index (χ2n) is 3.82. The van der Waals surface area contributed by atoms with Gasteiger partial charge in [-0.2, -0.15) is 0 Å². The van der Waals surface area contributed by atoms with E-state index in [0.717, 1.165) is 25.8 Å². The van der Waals surface area contributed by atoms with E-state index in [2.05, 4.69) is 15.4 Å². The lowest BCUT2D eigenvalue weighted by molar-refractivity contribution is -0.123. The molecular formula is C9H19N3O3S. The fourth-order valence-corrected chi connectivity index (χ4v) is 2.18. The first-order valence-electron chi connectivity index (χ1n) is 5.47. The van der Waals surface area contributed by atoms with Crippen LogP contribution in [0.4, 0.5) is 0 Å². The molecular weight excluding hydrogens is 230 g/mol. The first-order valence-corrected chi connectivity index (χ1v) is 7.13. The second kappa shape index (κ2) is 6.17. The smallest absolute Gasteiger partial charge is 0.237 e. The first kappa shape index (κ1) is 13.4. The standard InChI is InChI=1S/C9H19N3O3S/c1-10-16(14,15)7-6-12-9(13)8-4-2-3-5-11-8/h8,10-11H,2-7H2,1H3,(H,12,13)/t8-/m1/s1. The second-order valence-corrected chi connectivity index (χ2v) is 5.86. The van der Waals surface area contributed by atoms with Crippen molar-refractivity contribution in [3.05, 3.63) is 0 Å². The fraction of sp³-hybridized carbons (Fsp3) is 0.889. The number of carbonyl (C=O) groups is 1. The molecule has 6 nitrogen and oxygen atoms in total. The predicted molar refractivity (Wildman–Crippen MR) is 61.5 cm³/mol. The van der Waals surface area contributed by atoms with E-state index in [-0.39, 0.29) is 24.2 Å². The van der Waals surface area contributed by atoms with Crippen molar-refractivity contribution in [1.82, 2.24) is 15.4 Å². The molecule has 0 radical (unpaired) electrons. The summed E-state index contributed by atoms with van der Waals surface area (Å²) < 4.78 is 24.4. The molecule has 1 saturated heterocycles. The zero-order chi connectivity index (χ0) is 12.0. The summed E-state index contributed by atoms with van der Waals surface area (Å²) in [5.74, 6) is -0.187. The minimum absolute atomic E-state index is 0.0814. The van der Waals surface area contributed by atoms with Gasteiger partial charge in [0.2, 0.25) is 15.9 Å². The van der Waals surface area contributed by atoms with Gasteiger partial charge in [-0.1, -0.05) is 6.42 Å². The maximum atomic E-state index is 11.6. The minimum Gasteiger partial charge on any atom is -0.354 e. The molecule has 7 heteroatoms. The van der Waals surface area contributed by atoms with Crippen LogP contribution in [0.15, 0.2) is 0 Å². The molecule has 1 rings (SSSR count). The Bertz CT molecular complexity index is 323. The van der Waals surface area contributed by atoms with E-state index in [1.54, 1.807) is 0 Å². The van der Waals surface area contributed by atoms with Gasteiger partial charge in [-0.05, 0) is 26.4 Å². The Morgan fingerprint density at radius 3 is 2.75 bits per heavy atom. The third kappa shape index (κ3) is 4.46. The van der Waals surface area contributed by atoms with Crippen molar-refractivity contribution in [2.45, 2.75) is 25.3 Å². The van der Waals surface area contributed by atoms with Crippen LogP contribution in [0.1, 0.15) is 19.3 Å². The van der Waals surface area contributed by atoms with E-state index < -0.39 is 10.0 Å². The molecule has 0 aliphatic carbocycles. The van der Waals surface area contributed by atoms with E-state index in [1.165, 1.54) is 7.05 Å². The average molecular weight is 249 g/mol. The van der Waals surface area contributed by atoms with Crippen LogP contribution in [0.3, 0.4) is 0 Å². The van der Waals surface area contributed by atoms with Gasteiger partial charge >= 0.3 is 0 Å². The molecule has 0 unspecified atom stereocenters. The highest BCUT2D eigenvalue weighted by molar-refractivity contribution is 7.89. The van der Waals surface area contributed by atoms with E-state index in [4.69, 9.17) is 0 Å². The van der Waals surface area contributed by atoms with Crippen LogP contribution >= 0.6 is 0 Å². The molecule has 1 aliphatic rings. The van der Waals surface area contributed by atoms with Crippen LogP contribution in [0.25, 0.3) is 0 Å². The normalized spacial score (nSPS) is 21.7. The Hall–Kier alpha value is -0.660. The third-order valence-corrected chi connectivity index (χ3v) is 3.97. The Balaban J connectivity index is 2.24. The Morgan fingerprint density at radius 2 is 2.19 bits per heavy atom. The zero-order valence-corrected chi connectivity index (χ0v) is 10.3. The quantitative estimate of drug-likeness (QED) is 0.571. The summed E-state index contributed by atoms with van der Waals surface area (Å²) in [6, 6.07) is -0.161. The monoisotopic (exact) mass is 249 g/mol. The number of sulfonamides is 1. The van der Waals surface area contributed by atoms with E-state index in [0.29, 0.717) is 0 Å². The van der Waals surface area contributed by atoms with Crippen LogP contribution in [0, 0.1) is 0 Å². The lowest BCUT2D eigenvalue weighted by atomic mass is 10.0. The fourth-order valence-electron chi connectivity index (χ4n) is 1.61. The highest BCUT2D eigenvalue weighted by Gasteiger charge is 2.20. The topological polar surface area (TPSA) is 87.3 Å². The van der Waals surface area contributed by atoms with Gasteiger partial charge in [0.05, 0.1) is 11.8 Å². The number of hydrogen-bond donors (Lipinski definition) is 3. The van der Waals surface area contributed by atoms with Crippen molar-refractivity contribution in [3.8, 4) is 0 Å². The van der Waals surface area contributed by atoms with E-state index in [1.807, 2.05) is 0 Å². The number of hydrogen-bond acceptors (Lipinski definition) is 4. The van der Waals surface area contributed by atoms with Crippen molar-refractivity contribution >= 4 is 15.9 Å². The van der Waals surface area contributed by atoms with Crippen LogP contribution in [0.2, 0.25) is 0 Å². The highest BCUT2D eigenvalue weighted by Crippen LogP contribution is 2.06. The molecule has 1 amide bonds. The molecule has 0 aromatic rings. The molecule has 94 valence electrons. The number of rotatable bonds is 5. The minimum atomic E-state index is -3.23. The summed E-state index contributed by atoms with van der Waals surface area (Å²) in [5, 5.41) is 5.73. The van der Waals surface area contributed by atoms with Gasteiger partial charge in [-0.25, -0.2) is 13.1 Å². The van der Waals surface area contributed by atoms with Gasteiger partial charge in [0.15, 0.2) is 0 Å². The molecule has 0 aromatic heterocycles. The maximum Gasteiger partial charge on any atom is 0.237 e. The summed E-state index contributed by atoms with van der Waals surface area (Å²) in [7, 11) is -1.87. The van der Waals surface area contributed by atoms with Gasteiger partial charge in [-0.15, -0.1) is 0 Å². The van der Waals surface area contributed by atoms with Crippen LogP contribution < -0.4 is 15.4 Å². The van der Waals surface area contributed by atoms with Gasteiger partial charge in [0, 0.05) is 6.54 Å². The summed E-state index contributed by atoms with van der Waals surface area (Å²) in [4.78, 5) is 11.6. The van der Waals surface area contributed by atoms with Gasteiger partial charge in [0.25, 0.3) is 0 Å². The summed E-state index contributed by atoms with van der Waals surface area (Å²) in [6.07, 6.45) is 2.96. The van der Waals surface area contributed by atoms with Crippen molar-refractivity contribution in [3.63, 3.8) is 0 Å². The third-order valence-electron chi connectivity index (χ3n) is 2.61. The Kier molecular flexibility index (Phi) is 5.17. The largest absolute Gasteiger partial charge is 0.354 e. The van der Waals surface area contributed by atoms with Crippen molar-refractivity contribution in [1.29, 1.82) is 0 Å². The van der Waals surface area contributed by atoms with Crippen molar-refractivity contribution in [2.24, 2.45) is 0 Å². The molecule has 3 N–H and O–H groups in total. The zero-order valence-electron chi connectivity index (χ0n) is 9.45. The Morgan fingerprint density at radius 1 is 1.44 bits per heavy atom. The summed E-state index contributed by atoms with van der Waals surface area (Å²) in [5.41, 5.74) is 0. The molecule has 0 aromatic carbocycles. The number of piperidine rings is 1. The molecule has 0 saturated carbocycles. The molecule has 1 heterocycles. The highest BCUT2D eigenvalue weighted by atomic mass is 32.2. The number of amides is 1. The van der Waals surface area contributed by atoms with E-state index >= 15 is 0 Å². The number of carbonyl (C=O) groups excluding carboxylic acids is 1. The lowest BCUT2D eigenvalue weighted by Gasteiger charge is -2.22. The first-order chi connectivity index (χ1) is 7.55. The SMILES string of the molecule is CNS(=O)(=O)CCNC(=O)[C@H]1CCCCN1. The molecule has 16 heavy (non-hydrogen) atoms. The summed E-state index contributed by atoms with van der Waals surface area (Å²) in [6.45, 7) is 1.01. The average Bonchev–Trinajstić information content (AvgIpc) is 2.30. The molecule has 1 atom stereocenters. The van der Waals surface area contributed by atoms with Crippen LogP contribution in [-0.2, 0) is 14.8 Å². The summed E-state index contributed by atoms with van der Waals surface area (Å²) >= 11 is 0.